The molecule has 0 radical (unpaired) electrons. The van der Waals surface area contributed by atoms with E-state index in [9.17, 15) is 9.90 Å². The van der Waals surface area contributed by atoms with Gasteiger partial charge in [-0.3, -0.25) is 0 Å². The highest BCUT2D eigenvalue weighted by atomic mass is 16.4. The van der Waals surface area contributed by atoms with Crippen molar-refractivity contribution >= 4 is 16.9 Å². The molecule has 0 fully saturated rings. The summed E-state index contributed by atoms with van der Waals surface area (Å²) in [5.74, 6) is -0.844. The van der Waals surface area contributed by atoms with Gasteiger partial charge in [0.1, 0.15) is 0 Å². The molecule has 0 aliphatic carbocycles. The van der Waals surface area contributed by atoms with Gasteiger partial charge in [-0.05, 0) is 31.4 Å². The van der Waals surface area contributed by atoms with E-state index in [1.807, 2.05) is 12.1 Å². The van der Waals surface area contributed by atoms with Crippen LogP contribution in [0.1, 0.15) is 48.3 Å². The summed E-state index contributed by atoms with van der Waals surface area (Å²) in [6.07, 6.45) is 3.11. The standard InChI is InChI=1S/C16H21NO2/c1-4-6-10-17-11(3)12(5-2)13-8-7-9-14(15(13)17)16(18)19/h7-9H,4-6,10H2,1-3H3,(H,18,19). The van der Waals surface area contributed by atoms with Crippen molar-refractivity contribution in [2.24, 2.45) is 0 Å². The van der Waals surface area contributed by atoms with Gasteiger partial charge in [0.2, 0.25) is 0 Å². The predicted molar refractivity (Wildman–Crippen MR) is 77.9 cm³/mol. The van der Waals surface area contributed by atoms with Crippen LogP contribution in [0.15, 0.2) is 18.2 Å². The first kappa shape index (κ1) is 13.7. The number of fused-ring (bicyclic) bond motifs is 1. The molecule has 0 aliphatic heterocycles. The zero-order chi connectivity index (χ0) is 14.0. The molecule has 0 bridgehead atoms. The number of benzene rings is 1. The van der Waals surface area contributed by atoms with E-state index in [2.05, 4.69) is 25.3 Å². The molecule has 102 valence electrons. The van der Waals surface area contributed by atoms with Gasteiger partial charge in [-0.15, -0.1) is 0 Å². The zero-order valence-electron chi connectivity index (χ0n) is 11.9. The van der Waals surface area contributed by atoms with Crippen LogP contribution in [0.25, 0.3) is 10.9 Å². The first-order valence-electron chi connectivity index (χ1n) is 6.95. The van der Waals surface area contributed by atoms with Crippen molar-refractivity contribution in [1.82, 2.24) is 4.57 Å². The molecule has 2 rings (SSSR count). The van der Waals surface area contributed by atoms with Crippen molar-refractivity contribution in [3.63, 3.8) is 0 Å². The van der Waals surface area contributed by atoms with Crippen LogP contribution in [0.3, 0.4) is 0 Å². The average Bonchev–Trinajstić information content (AvgIpc) is 2.67. The lowest BCUT2D eigenvalue weighted by Crippen LogP contribution is -2.05. The second-order valence-electron chi connectivity index (χ2n) is 4.93. The Labute approximate surface area is 113 Å². The van der Waals surface area contributed by atoms with Crippen molar-refractivity contribution in [3.05, 3.63) is 35.0 Å². The van der Waals surface area contributed by atoms with Crippen molar-refractivity contribution in [2.45, 2.75) is 46.6 Å². The van der Waals surface area contributed by atoms with E-state index < -0.39 is 5.97 Å². The number of hydrogen-bond acceptors (Lipinski definition) is 1. The highest BCUT2D eigenvalue weighted by Crippen LogP contribution is 2.29. The Morgan fingerprint density at radius 1 is 1.32 bits per heavy atom. The summed E-state index contributed by atoms with van der Waals surface area (Å²) < 4.78 is 2.18. The third kappa shape index (κ3) is 2.25. The molecule has 3 nitrogen and oxygen atoms in total. The van der Waals surface area contributed by atoms with Crippen molar-refractivity contribution in [1.29, 1.82) is 0 Å². The van der Waals surface area contributed by atoms with E-state index in [0.717, 1.165) is 36.7 Å². The molecule has 2 aromatic rings. The summed E-state index contributed by atoms with van der Waals surface area (Å²) in [6.45, 7) is 7.27. The molecule has 0 amide bonds. The monoisotopic (exact) mass is 259 g/mol. The highest BCUT2D eigenvalue weighted by molar-refractivity contribution is 6.03. The maximum Gasteiger partial charge on any atom is 0.337 e. The Balaban J connectivity index is 2.76. The van der Waals surface area contributed by atoms with Gasteiger partial charge in [-0.1, -0.05) is 32.4 Å². The van der Waals surface area contributed by atoms with E-state index in [4.69, 9.17) is 0 Å². The minimum absolute atomic E-state index is 0.413. The molecular formula is C16H21NO2. The smallest absolute Gasteiger partial charge is 0.337 e. The van der Waals surface area contributed by atoms with Crippen LogP contribution >= 0.6 is 0 Å². The molecule has 0 spiro atoms. The number of hydrogen-bond donors (Lipinski definition) is 1. The van der Waals surface area contributed by atoms with Crippen molar-refractivity contribution in [2.75, 3.05) is 0 Å². The zero-order valence-corrected chi connectivity index (χ0v) is 11.9. The molecule has 0 atom stereocenters. The van der Waals surface area contributed by atoms with Crippen LogP contribution in [-0.2, 0) is 13.0 Å². The van der Waals surface area contributed by atoms with Gasteiger partial charge < -0.3 is 9.67 Å². The van der Waals surface area contributed by atoms with Crippen LogP contribution in [0.2, 0.25) is 0 Å². The van der Waals surface area contributed by atoms with E-state index >= 15 is 0 Å². The molecule has 0 unspecified atom stereocenters. The molecule has 0 saturated carbocycles. The van der Waals surface area contributed by atoms with Crippen LogP contribution in [-0.4, -0.2) is 15.6 Å². The number of aromatic carboxylic acids is 1. The molecule has 1 aromatic heterocycles. The molecule has 0 saturated heterocycles. The number of unbranched alkanes of at least 4 members (excludes halogenated alkanes) is 1. The summed E-state index contributed by atoms with van der Waals surface area (Å²) in [4.78, 5) is 11.4. The van der Waals surface area contributed by atoms with Crippen molar-refractivity contribution < 1.29 is 9.90 Å². The van der Waals surface area contributed by atoms with Gasteiger partial charge in [0.05, 0.1) is 11.1 Å². The molecule has 0 aliphatic rings. The molecule has 1 aromatic carbocycles. The summed E-state index contributed by atoms with van der Waals surface area (Å²) >= 11 is 0. The van der Waals surface area contributed by atoms with Gasteiger partial charge >= 0.3 is 5.97 Å². The van der Waals surface area contributed by atoms with E-state index in [1.54, 1.807) is 6.07 Å². The fourth-order valence-corrected chi connectivity index (χ4v) is 2.82. The maximum atomic E-state index is 11.4. The molecular weight excluding hydrogens is 238 g/mol. The first-order chi connectivity index (χ1) is 9.11. The lowest BCUT2D eigenvalue weighted by molar-refractivity contribution is 0.0698. The fourth-order valence-electron chi connectivity index (χ4n) is 2.82. The van der Waals surface area contributed by atoms with E-state index in [0.29, 0.717) is 5.56 Å². The summed E-state index contributed by atoms with van der Waals surface area (Å²) in [5, 5.41) is 10.5. The molecule has 3 heteroatoms. The third-order valence-electron chi connectivity index (χ3n) is 3.79. The largest absolute Gasteiger partial charge is 0.478 e. The van der Waals surface area contributed by atoms with Crippen molar-refractivity contribution in [3.8, 4) is 0 Å². The number of rotatable bonds is 5. The van der Waals surface area contributed by atoms with Gasteiger partial charge in [-0.25, -0.2) is 4.79 Å². The minimum atomic E-state index is -0.844. The minimum Gasteiger partial charge on any atom is -0.478 e. The lowest BCUT2D eigenvalue weighted by Gasteiger charge is -2.09. The Bertz CT molecular complexity index is 611. The number of aromatic nitrogens is 1. The summed E-state index contributed by atoms with van der Waals surface area (Å²) in [6, 6.07) is 5.58. The molecule has 1 heterocycles. The Morgan fingerprint density at radius 3 is 2.63 bits per heavy atom. The quantitative estimate of drug-likeness (QED) is 0.881. The molecule has 1 N–H and O–H groups in total. The number of nitrogens with zero attached hydrogens (tertiary/aromatic N) is 1. The van der Waals surface area contributed by atoms with E-state index in [-0.39, 0.29) is 0 Å². The van der Waals surface area contributed by atoms with Gasteiger partial charge in [-0.2, -0.15) is 0 Å². The number of carbonyl (C=O) groups is 1. The van der Waals surface area contributed by atoms with Crippen LogP contribution in [0.4, 0.5) is 0 Å². The second kappa shape index (κ2) is 5.47. The SMILES string of the molecule is CCCCn1c(C)c(CC)c2cccc(C(=O)O)c21. The Morgan fingerprint density at radius 2 is 2.05 bits per heavy atom. The predicted octanol–water partition coefficient (Wildman–Crippen LogP) is 4.01. The summed E-state index contributed by atoms with van der Waals surface area (Å²) in [7, 11) is 0. The topological polar surface area (TPSA) is 42.2 Å². The van der Waals surface area contributed by atoms with Gasteiger partial charge in [0.15, 0.2) is 0 Å². The highest BCUT2D eigenvalue weighted by Gasteiger charge is 2.18. The number of aryl methyl sites for hydroxylation is 2. The molecule has 19 heavy (non-hydrogen) atoms. The second-order valence-corrected chi connectivity index (χ2v) is 4.93. The van der Waals surface area contributed by atoms with Gasteiger partial charge in [0, 0.05) is 17.6 Å². The number of carboxylic acids is 1. The first-order valence-corrected chi connectivity index (χ1v) is 6.95. The third-order valence-corrected chi connectivity index (χ3v) is 3.79. The van der Waals surface area contributed by atoms with E-state index in [1.165, 1.54) is 11.3 Å². The average molecular weight is 259 g/mol. The number of para-hydroxylation sites is 1. The van der Waals surface area contributed by atoms with Crippen LogP contribution in [0, 0.1) is 6.92 Å². The lowest BCUT2D eigenvalue weighted by atomic mass is 10.1. The van der Waals surface area contributed by atoms with Crippen LogP contribution in [0.5, 0.6) is 0 Å². The van der Waals surface area contributed by atoms with Gasteiger partial charge in [0.25, 0.3) is 0 Å². The summed E-state index contributed by atoms with van der Waals surface area (Å²) in [5.41, 5.74) is 3.78. The maximum absolute atomic E-state index is 11.4. The normalized spacial score (nSPS) is 11.1. The van der Waals surface area contributed by atoms with Crippen LogP contribution < -0.4 is 0 Å². The fraction of sp³-hybridized carbons (Fsp3) is 0.438. The number of carboxylic acid groups (broad SMARTS) is 1. The Kier molecular flexibility index (Phi) is 3.93. The Hall–Kier alpha value is -1.77.